The second-order valence-corrected chi connectivity index (χ2v) is 12.9. The second-order valence-electron chi connectivity index (χ2n) is 12.9. The number of nitriles is 1. The summed E-state index contributed by atoms with van der Waals surface area (Å²) in [5.41, 5.74) is 0.176. The van der Waals surface area contributed by atoms with Gasteiger partial charge in [-0.1, -0.05) is 20.8 Å². The molecule has 1 aromatic rings. The molecule has 0 bridgehead atoms. The molecule has 5 rings (SSSR count). The molecule has 6 heteroatoms. The van der Waals surface area contributed by atoms with Crippen molar-refractivity contribution in [2.24, 2.45) is 46.3 Å². The summed E-state index contributed by atoms with van der Waals surface area (Å²) in [5, 5.41) is 36.4. The number of aliphatic hydroxyl groups excluding tert-OH is 1. The van der Waals surface area contributed by atoms with Crippen molar-refractivity contribution in [3.63, 3.8) is 0 Å². The Morgan fingerprint density at radius 2 is 2.00 bits per heavy atom. The van der Waals surface area contributed by atoms with Gasteiger partial charge in [-0.15, -0.1) is 0 Å². The van der Waals surface area contributed by atoms with E-state index in [0.717, 1.165) is 38.6 Å². The Hall–Kier alpha value is -1.42. The summed E-state index contributed by atoms with van der Waals surface area (Å²) in [6.07, 6.45) is 11.5. The molecule has 188 valence electrons. The molecule has 1 heterocycles. The van der Waals surface area contributed by atoms with Gasteiger partial charge < -0.3 is 14.9 Å². The van der Waals surface area contributed by atoms with Gasteiger partial charge in [0.25, 0.3) is 0 Å². The number of aromatic nitrogens is 2. The fourth-order valence-corrected chi connectivity index (χ4v) is 9.76. The highest BCUT2D eigenvalue weighted by molar-refractivity contribution is 5.21. The van der Waals surface area contributed by atoms with Gasteiger partial charge in [-0.25, -0.2) is 0 Å². The van der Waals surface area contributed by atoms with Crippen LogP contribution in [-0.4, -0.2) is 45.4 Å². The molecule has 0 spiro atoms. The van der Waals surface area contributed by atoms with Gasteiger partial charge in [0.15, 0.2) is 0 Å². The largest absolute Gasteiger partial charge is 0.393 e. The number of aliphatic hydroxyl groups is 2. The number of rotatable bonds is 5. The maximum Gasteiger partial charge on any atom is 0.102 e. The van der Waals surface area contributed by atoms with Crippen molar-refractivity contribution in [1.29, 1.82) is 5.26 Å². The summed E-state index contributed by atoms with van der Waals surface area (Å²) in [7, 11) is 1.68. The molecule has 4 aliphatic carbocycles. The lowest BCUT2D eigenvalue weighted by Crippen LogP contribution is -2.61. The number of nitrogens with zero attached hydrogens (tertiary/aromatic N) is 3. The van der Waals surface area contributed by atoms with Crippen LogP contribution < -0.4 is 0 Å². The first-order valence-electron chi connectivity index (χ1n) is 13.5. The first kappa shape index (κ1) is 24.3. The van der Waals surface area contributed by atoms with E-state index in [-0.39, 0.29) is 16.9 Å². The van der Waals surface area contributed by atoms with Crippen molar-refractivity contribution in [3.05, 3.63) is 18.0 Å². The highest BCUT2D eigenvalue weighted by Crippen LogP contribution is 2.68. The molecule has 4 aliphatic rings. The monoisotopic (exact) mass is 469 g/mol. The second kappa shape index (κ2) is 8.61. The van der Waals surface area contributed by atoms with Crippen LogP contribution in [-0.2, 0) is 11.3 Å². The molecule has 2 N–H and O–H groups in total. The summed E-state index contributed by atoms with van der Waals surface area (Å²) in [6, 6.07) is 2.18. The van der Waals surface area contributed by atoms with E-state index >= 15 is 0 Å². The van der Waals surface area contributed by atoms with Crippen molar-refractivity contribution < 1.29 is 14.9 Å². The van der Waals surface area contributed by atoms with Crippen LogP contribution in [0, 0.1) is 57.7 Å². The Kier molecular flexibility index (Phi) is 6.15. The third-order valence-electron chi connectivity index (χ3n) is 11.2. The lowest BCUT2D eigenvalue weighted by molar-refractivity contribution is -0.198. The van der Waals surface area contributed by atoms with Crippen LogP contribution in [0.3, 0.4) is 0 Å². The Balaban J connectivity index is 1.35. The van der Waals surface area contributed by atoms with Crippen molar-refractivity contribution in [2.45, 2.75) is 90.4 Å². The molecule has 0 aromatic carbocycles. The minimum absolute atomic E-state index is 0.107. The molecule has 0 radical (unpaired) electrons. The zero-order chi connectivity index (χ0) is 24.3. The summed E-state index contributed by atoms with van der Waals surface area (Å²) in [5.74, 6) is 3.07. The topological polar surface area (TPSA) is 91.3 Å². The van der Waals surface area contributed by atoms with E-state index in [4.69, 9.17) is 10.00 Å². The van der Waals surface area contributed by atoms with Gasteiger partial charge in [0.1, 0.15) is 6.07 Å². The van der Waals surface area contributed by atoms with E-state index in [1.807, 2.05) is 10.9 Å². The van der Waals surface area contributed by atoms with Crippen molar-refractivity contribution in [1.82, 2.24) is 9.78 Å². The van der Waals surface area contributed by atoms with Gasteiger partial charge in [-0.05, 0) is 97.7 Å². The van der Waals surface area contributed by atoms with Gasteiger partial charge in [-0.2, -0.15) is 10.4 Å². The van der Waals surface area contributed by atoms with Crippen LogP contribution in [0.1, 0.15) is 77.7 Å². The zero-order valence-corrected chi connectivity index (χ0v) is 21.4. The average molecular weight is 470 g/mol. The first-order valence-corrected chi connectivity index (χ1v) is 13.5. The predicted octanol–water partition coefficient (Wildman–Crippen LogP) is 4.40. The van der Waals surface area contributed by atoms with E-state index in [1.54, 1.807) is 13.3 Å². The van der Waals surface area contributed by atoms with E-state index in [2.05, 4.69) is 31.9 Å². The lowest BCUT2D eigenvalue weighted by atomic mass is 9.43. The normalized spacial score (nSPS) is 46.7. The number of hydrogen-bond acceptors (Lipinski definition) is 5. The Labute approximate surface area is 204 Å². The molecule has 0 saturated heterocycles. The zero-order valence-electron chi connectivity index (χ0n) is 21.4. The number of ether oxygens (including phenoxy) is 1. The summed E-state index contributed by atoms with van der Waals surface area (Å²) in [4.78, 5) is 0. The molecule has 4 fully saturated rings. The summed E-state index contributed by atoms with van der Waals surface area (Å²) >= 11 is 0. The van der Waals surface area contributed by atoms with Crippen molar-refractivity contribution in [2.75, 3.05) is 13.7 Å². The maximum absolute atomic E-state index is 11.7. The quantitative estimate of drug-likeness (QED) is 0.667. The Morgan fingerprint density at radius 3 is 2.71 bits per heavy atom. The van der Waals surface area contributed by atoms with Crippen LogP contribution in [0.15, 0.2) is 12.4 Å². The predicted molar refractivity (Wildman–Crippen MR) is 130 cm³/mol. The molecule has 1 aromatic heterocycles. The summed E-state index contributed by atoms with van der Waals surface area (Å²) in [6.45, 7) is 8.47. The Morgan fingerprint density at radius 1 is 1.21 bits per heavy atom. The average Bonchev–Trinajstić information content (AvgIpc) is 3.37. The van der Waals surface area contributed by atoms with E-state index in [9.17, 15) is 10.2 Å². The molecule has 0 aliphatic heterocycles. The number of methoxy groups -OCH3 is 1. The van der Waals surface area contributed by atoms with Gasteiger partial charge in [0.2, 0.25) is 0 Å². The number of fused-ring (bicyclic) bond motifs is 5. The van der Waals surface area contributed by atoms with Gasteiger partial charge >= 0.3 is 0 Å². The first-order chi connectivity index (χ1) is 16.1. The van der Waals surface area contributed by atoms with Gasteiger partial charge in [-0.3, -0.25) is 4.68 Å². The standard InChI is InChI=1S/C28H43N3O3/c1-18(15-31-16-19(13-29)14-30-31)22-7-8-23-21-6-5-20-11-28(33,17-34-4)10-9-26(20,2)25(21)24(32)12-27(22,23)3/h14,16,18,20-25,32-33H,5-12,15,17H2,1-4H3/t18-,20+,21-,22+,23-,24-,25+,26-,27+,28+/m0/s1. The minimum Gasteiger partial charge on any atom is -0.393 e. The van der Waals surface area contributed by atoms with E-state index < -0.39 is 5.60 Å². The van der Waals surface area contributed by atoms with Gasteiger partial charge in [0.05, 0.1) is 30.1 Å². The molecular weight excluding hydrogens is 426 g/mol. The van der Waals surface area contributed by atoms with Crippen LogP contribution in [0.4, 0.5) is 0 Å². The van der Waals surface area contributed by atoms with Crippen LogP contribution in [0.5, 0.6) is 0 Å². The molecule has 10 atom stereocenters. The van der Waals surface area contributed by atoms with E-state index in [1.165, 1.54) is 19.3 Å². The third kappa shape index (κ3) is 3.74. The third-order valence-corrected chi connectivity index (χ3v) is 11.2. The van der Waals surface area contributed by atoms with Gasteiger partial charge in [0, 0.05) is 19.9 Å². The highest BCUT2D eigenvalue weighted by atomic mass is 16.5. The molecule has 6 nitrogen and oxygen atoms in total. The number of hydrogen-bond donors (Lipinski definition) is 2. The SMILES string of the molecule is COC[C@@]1(O)CC[C@@]2(C)[C@H](CC[C@@H]3[C@@H]2[C@@H](O)C[C@]2(C)[C@@H]([C@@H](C)Cn4cc(C#N)cn4)CC[C@@H]32)C1. The fraction of sp³-hybridized carbons (Fsp3) is 0.857. The maximum atomic E-state index is 11.7. The molecular formula is C28H43N3O3. The van der Waals surface area contributed by atoms with Crippen LogP contribution in [0.2, 0.25) is 0 Å². The van der Waals surface area contributed by atoms with Crippen LogP contribution in [0.25, 0.3) is 0 Å². The summed E-state index contributed by atoms with van der Waals surface area (Å²) < 4.78 is 7.29. The molecule has 34 heavy (non-hydrogen) atoms. The highest BCUT2D eigenvalue weighted by Gasteiger charge is 2.64. The molecule has 0 unspecified atom stereocenters. The smallest absolute Gasteiger partial charge is 0.102 e. The fourth-order valence-electron chi connectivity index (χ4n) is 9.76. The van der Waals surface area contributed by atoms with E-state index in [0.29, 0.717) is 47.7 Å². The lowest BCUT2D eigenvalue weighted by Gasteiger charge is -2.63. The van der Waals surface area contributed by atoms with Crippen LogP contribution >= 0.6 is 0 Å². The van der Waals surface area contributed by atoms with Crippen molar-refractivity contribution >= 4 is 0 Å². The Bertz CT molecular complexity index is 942. The minimum atomic E-state index is -0.703. The van der Waals surface area contributed by atoms with Crippen molar-refractivity contribution in [3.8, 4) is 6.07 Å². The molecule has 4 saturated carbocycles. The molecule has 0 amide bonds.